The molecule has 0 fully saturated rings. The number of methoxy groups -OCH3 is 1. The van der Waals surface area contributed by atoms with Gasteiger partial charge in [0.1, 0.15) is 5.75 Å². The van der Waals surface area contributed by atoms with Crippen LogP contribution in [0.2, 0.25) is 0 Å². The molecule has 3 aromatic carbocycles. The number of amides is 1. The first-order valence-corrected chi connectivity index (χ1v) is 11.2. The second-order valence-electron chi connectivity index (χ2n) is 7.31. The van der Waals surface area contributed by atoms with Crippen LogP contribution in [-0.4, -0.2) is 31.6 Å². The summed E-state index contributed by atoms with van der Waals surface area (Å²) in [5, 5.41) is 3.22. The molecule has 5 nitrogen and oxygen atoms in total. The zero-order valence-corrected chi connectivity index (χ0v) is 18.2. The number of carbonyl (C=O) groups excluding carboxylic acids is 1. The second-order valence-corrected chi connectivity index (χ2v) is 8.36. The van der Waals surface area contributed by atoms with E-state index < -0.39 is 0 Å². The number of rotatable bonds is 9. The van der Waals surface area contributed by atoms with Crippen molar-refractivity contribution in [1.82, 2.24) is 5.32 Å². The molecule has 6 heteroatoms. The Balaban J connectivity index is 1.43. The Morgan fingerprint density at radius 1 is 0.968 bits per heavy atom. The summed E-state index contributed by atoms with van der Waals surface area (Å²) in [6.45, 7) is 0.251. The van der Waals surface area contributed by atoms with E-state index in [0.717, 1.165) is 39.7 Å². The van der Waals surface area contributed by atoms with Gasteiger partial charge in [0.25, 0.3) is 0 Å². The molecule has 0 saturated heterocycles. The molecule has 31 heavy (non-hydrogen) atoms. The van der Waals surface area contributed by atoms with Crippen molar-refractivity contribution < 1.29 is 19.0 Å². The van der Waals surface area contributed by atoms with Crippen molar-refractivity contribution in [3.8, 4) is 17.2 Å². The van der Waals surface area contributed by atoms with Crippen LogP contribution in [-0.2, 0) is 17.6 Å². The molecule has 0 bridgehead atoms. The molecule has 1 aliphatic heterocycles. The predicted octanol–water partition coefficient (Wildman–Crippen LogP) is 4.49. The van der Waals surface area contributed by atoms with Gasteiger partial charge in [-0.2, -0.15) is 0 Å². The predicted molar refractivity (Wildman–Crippen MR) is 122 cm³/mol. The Hall–Kier alpha value is -3.12. The molecule has 0 aromatic heterocycles. The number of hydrogen-bond donors (Lipinski definition) is 1. The van der Waals surface area contributed by atoms with Crippen LogP contribution >= 0.6 is 11.8 Å². The first-order valence-electron chi connectivity index (χ1n) is 10.2. The third-order valence-corrected chi connectivity index (χ3v) is 6.05. The largest absolute Gasteiger partial charge is 0.497 e. The number of hydrogen-bond acceptors (Lipinski definition) is 5. The van der Waals surface area contributed by atoms with Gasteiger partial charge in [-0.3, -0.25) is 4.79 Å². The lowest BCUT2D eigenvalue weighted by atomic mass is 9.98. The van der Waals surface area contributed by atoms with Crippen molar-refractivity contribution in [2.45, 2.75) is 23.8 Å². The van der Waals surface area contributed by atoms with Gasteiger partial charge in [0.15, 0.2) is 11.5 Å². The molecule has 4 rings (SSSR count). The lowest BCUT2D eigenvalue weighted by Crippen LogP contribution is -2.39. The molecule has 3 aromatic rings. The summed E-state index contributed by atoms with van der Waals surface area (Å²) in [6, 6.07) is 23.8. The normalized spacial score (nSPS) is 12.9. The maximum atomic E-state index is 12.7. The van der Waals surface area contributed by atoms with Gasteiger partial charge in [0.2, 0.25) is 12.7 Å². The average molecular weight is 436 g/mol. The average Bonchev–Trinajstić information content (AvgIpc) is 3.27. The monoisotopic (exact) mass is 435 g/mol. The van der Waals surface area contributed by atoms with Gasteiger partial charge < -0.3 is 19.5 Å². The minimum Gasteiger partial charge on any atom is -0.497 e. The first-order chi connectivity index (χ1) is 15.2. The Morgan fingerprint density at radius 2 is 1.68 bits per heavy atom. The molecule has 1 amide bonds. The summed E-state index contributed by atoms with van der Waals surface area (Å²) in [6.07, 6.45) is 1.42. The van der Waals surface area contributed by atoms with E-state index in [2.05, 4.69) is 5.32 Å². The van der Waals surface area contributed by atoms with E-state index in [0.29, 0.717) is 12.2 Å². The van der Waals surface area contributed by atoms with Crippen molar-refractivity contribution in [2.24, 2.45) is 0 Å². The molecule has 0 aliphatic carbocycles. The molecule has 0 saturated carbocycles. The molecule has 1 aliphatic rings. The maximum Gasteiger partial charge on any atom is 0.231 e. The Kier molecular flexibility index (Phi) is 6.99. The van der Waals surface area contributed by atoms with Crippen molar-refractivity contribution in [3.63, 3.8) is 0 Å². The molecular formula is C25H25NO4S. The molecule has 1 unspecified atom stereocenters. The van der Waals surface area contributed by atoms with Gasteiger partial charge in [-0.15, -0.1) is 11.8 Å². The summed E-state index contributed by atoms with van der Waals surface area (Å²) in [7, 11) is 1.65. The summed E-state index contributed by atoms with van der Waals surface area (Å²) < 4.78 is 16.2. The van der Waals surface area contributed by atoms with E-state index in [-0.39, 0.29) is 18.7 Å². The zero-order valence-electron chi connectivity index (χ0n) is 17.4. The standard InChI is InChI=1S/C25H25NO4S/c1-28-21-10-7-18(8-11-21)13-20(14-19-9-12-23-24(15-19)30-17-29-23)26-25(27)16-31-22-5-3-2-4-6-22/h2-12,15,20H,13-14,16-17H2,1H3,(H,26,27). The number of thioether (sulfide) groups is 1. The van der Waals surface area contributed by atoms with Gasteiger partial charge in [-0.25, -0.2) is 0 Å². The zero-order chi connectivity index (χ0) is 21.5. The third kappa shape index (κ3) is 5.95. The van der Waals surface area contributed by atoms with Gasteiger partial charge in [-0.1, -0.05) is 36.4 Å². The number of ether oxygens (including phenoxy) is 3. The summed E-state index contributed by atoms with van der Waals surface area (Å²) in [4.78, 5) is 13.8. The van der Waals surface area contributed by atoms with E-state index in [9.17, 15) is 4.79 Å². The molecule has 1 N–H and O–H groups in total. The van der Waals surface area contributed by atoms with Gasteiger partial charge >= 0.3 is 0 Å². The fourth-order valence-electron chi connectivity index (χ4n) is 3.51. The van der Waals surface area contributed by atoms with Gasteiger partial charge in [-0.05, 0) is 60.4 Å². The fraction of sp³-hybridized carbons (Fsp3) is 0.240. The first kappa shape index (κ1) is 21.1. The highest BCUT2D eigenvalue weighted by Gasteiger charge is 2.18. The molecular weight excluding hydrogens is 410 g/mol. The summed E-state index contributed by atoms with van der Waals surface area (Å²) >= 11 is 1.54. The fourth-order valence-corrected chi connectivity index (χ4v) is 4.24. The number of fused-ring (bicyclic) bond motifs is 1. The van der Waals surface area contributed by atoms with Crippen molar-refractivity contribution in [3.05, 3.63) is 83.9 Å². The Morgan fingerprint density at radius 3 is 2.45 bits per heavy atom. The smallest absolute Gasteiger partial charge is 0.231 e. The summed E-state index contributed by atoms with van der Waals surface area (Å²) in [5.74, 6) is 2.74. The van der Waals surface area contributed by atoms with E-state index in [4.69, 9.17) is 14.2 Å². The Labute approximate surface area is 186 Å². The van der Waals surface area contributed by atoms with Crippen LogP contribution in [0.4, 0.5) is 0 Å². The van der Waals surface area contributed by atoms with E-state index in [1.807, 2.05) is 72.8 Å². The van der Waals surface area contributed by atoms with Gasteiger partial charge in [0, 0.05) is 10.9 Å². The minimum absolute atomic E-state index is 0.0214. The van der Waals surface area contributed by atoms with Crippen LogP contribution in [0.25, 0.3) is 0 Å². The van der Waals surface area contributed by atoms with Crippen LogP contribution in [0.5, 0.6) is 17.2 Å². The van der Waals surface area contributed by atoms with Crippen LogP contribution in [0.3, 0.4) is 0 Å². The quantitative estimate of drug-likeness (QED) is 0.502. The van der Waals surface area contributed by atoms with Gasteiger partial charge in [0.05, 0.1) is 12.9 Å². The number of nitrogens with one attached hydrogen (secondary N) is 1. The van der Waals surface area contributed by atoms with E-state index in [1.54, 1.807) is 7.11 Å². The highest BCUT2D eigenvalue weighted by Crippen LogP contribution is 2.33. The molecule has 1 heterocycles. The number of carbonyl (C=O) groups is 1. The minimum atomic E-state index is -0.0439. The number of benzene rings is 3. The Bertz CT molecular complexity index is 1010. The van der Waals surface area contributed by atoms with Crippen LogP contribution in [0.1, 0.15) is 11.1 Å². The third-order valence-electron chi connectivity index (χ3n) is 5.04. The molecule has 160 valence electrons. The van der Waals surface area contributed by atoms with Crippen LogP contribution in [0.15, 0.2) is 77.7 Å². The highest BCUT2D eigenvalue weighted by atomic mass is 32.2. The van der Waals surface area contributed by atoms with Crippen LogP contribution < -0.4 is 19.5 Å². The van der Waals surface area contributed by atoms with Crippen LogP contribution in [0, 0.1) is 0 Å². The lowest BCUT2D eigenvalue weighted by Gasteiger charge is -2.20. The van der Waals surface area contributed by atoms with E-state index in [1.165, 1.54) is 11.8 Å². The SMILES string of the molecule is COc1ccc(CC(Cc2ccc3c(c2)OCO3)NC(=O)CSc2ccccc2)cc1. The lowest BCUT2D eigenvalue weighted by molar-refractivity contribution is -0.119. The van der Waals surface area contributed by atoms with Crippen molar-refractivity contribution in [2.75, 3.05) is 19.7 Å². The summed E-state index contributed by atoms with van der Waals surface area (Å²) in [5.41, 5.74) is 2.24. The second kappa shape index (κ2) is 10.3. The molecule has 0 radical (unpaired) electrons. The molecule has 0 spiro atoms. The van der Waals surface area contributed by atoms with Crippen molar-refractivity contribution in [1.29, 1.82) is 0 Å². The van der Waals surface area contributed by atoms with Crippen molar-refractivity contribution >= 4 is 17.7 Å². The highest BCUT2D eigenvalue weighted by molar-refractivity contribution is 8.00. The molecule has 1 atom stereocenters. The van der Waals surface area contributed by atoms with E-state index >= 15 is 0 Å². The maximum absolute atomic E-state index is 12.7. The topological polar surface area (TPSA) is 56.8 Å².